The third-order valence-electron chi connectivity index (χ3n) is 2.69. The smallest absolute Gasteiger partial charge is 0.256 e. The molecule has 1 aromatic carbocycles. The number of pyridine rings is 1. The molecular formula is C15H15N3O2. The molecule has 0 radical (unpaired) electrons. The van der Waals surface area contributed by atoms with Crippen LogP contribution in [0.3, 0.4) is 0 Å². The van der Waals surface area contributed by atoms with Crippen molar-refractivity contribution in [2.24, 2.45) is 0 Å². The predicted molar refractivity (Wildman–Crippen MR) is 77.7 cm³/mol. The number of aromatic nitrogens is 1. The summed E-state index contributed by atoms with van der Waals surface area (Å²) in [5, 5.41) is 5.39. The van der Waals surface area contributed by atoms with Gasteiger partial charge in [0.25, 0.3) is 5.91 Å². The van der Waals surface area contributed by atoms with E-state index in [1.165, 1.54) is 6.92 Å². The average Bonchev–Trinajstić information content (AvgIpc) is 2.41. The van der Waals surface area contributed by atoms with Crippen molar-refractivity contribution >= 4 is 23.3 Å². The first-order valence-electron chi connectivity index (χ1n) is 6.17. The highest BCUT2D eigenvalue weighted by Crippen LogP contribution is 2.14. The Morgan fingerprint density at radius 2 is 1.90 bits per heavy atom. The minimum absolute atomic E-state index is 0.178. The molecule has 2 amide bonds. The molecule has 0 aliphatic carbocycles. The second kappa shape index (κ2) is 5.97. The molecule has 0 bridgehead atoms. The minimum atomic E-state index is -0.265. The van der Waals surface area contributed by atoms with Crippen molar-refractivity contribution < 1.29 is 9.59 Å². The van der Waals surface area contributed by atoms with E-state index in [-0.39, 0.29) is 11.8 Å². The fourth-order valence-corrected chi connectivity index (χ4v) is 1.74. The predicted octanol–water partition coefficient (Wildman–Crippen LogP) is 2.60. The molecule has 0 spiro atoms. The van der Waals surface area contributed by atoms with Crippen LogP contribution in [0.25, 0.3) is 0 Å². The number of hydrogen-bond acceptors (Lipinski definition) is 3. The fraction of sp³-hybridized carbons (Fsp3) is 0.133. The zero-order valence-electron chi connectivity index (χ0n) is 11.3. The number of carbonyl (C=O) groups excluding carboxylic acids is 2. The highest BCUT2D eigenvalue weighted by Gasteiger charge is 2.09. The van der Waals surface area contributed by atoms with Crippen molar-refractivity contribution in [1.29, 1.82) is 0 Å². The Hall–Kier alpha value is -2.69. The van der Waals surface area contributed by atoms with Gasteiger partial charge in [0.1, 0.15) is 5.82 Å². The molecule has 102 valence electrons. The molecule has 5 heteroatoms. The van der Waals surface area contributed by atoms with E-state index in [1.807, 2.05) is 19.1 Å². The monoisotopic (exact) mass is 269 g/mol. The van der Waals surface area contributed by atoms with Crippen molar-refractivity contribution in [1.82, 2.24) is 4.98 Å². The van der Waals surface area contributed by atoms with Crippen LogP contribution < -0.4 is 10.6 Å². The highest BCUT2D eigenvalue weighted by molar-refractivity contribution is 6.05. The SMILES string of the molecule is CC(=O)Nc1cccc(C(=O)Nc2ncccc2C)c1. The molecule has 1 aromatic heterocycles. The van der Waals surface area contributed by atoms with Crippen LogP contribution in [-0.2, 0) is 4.79 Å². The Kier molecular flexibility index (Phi) is 4.10. The molecule has 20 heavy (non-hydrogen) atoms. The number of carbonyl (C=O) groups is 2. The number of aryl methyl sites for hydroxylation is 1. The quantitative estimate of drug-likeness (QED) is 0.899. The molecule has 0 fully saturated rings. The van der Waals surface area contributed by atoms with Crippen molar-refractivity contribution in [3.63, 3.8) is 0 Å². The first-order valence-corrected chi connectivity index (χ1v) is 6.17. The topological polar surface area (TPSA) is 71.1 Å². The highest BCUT2D eigenvalue weighted by atomic mass is 16.2. The lowest BCUT2D eigenvalue weighted by Crippen LogP contribution is -2.14. The number of nitrogens with zero attached hydrogens (tertiary/aromatic N) is 1. The van der Waals surface area contributed by atoms with Gasteiger partial charge in [-0.25, -0.2) is 4.98 Å². The summed E-state index contributed by atoms with van der Waals surface area (Å²) < 4.78 is 0. The van der Waals surface area contributed by atoms with Gasteiger partial charge in [-0.05, 0) is 36.8 Å². The van der Waals surface area contributed by atoms with E-state index in [2.05, 4.69) is 15.6 Å². The van der Waals surface area contributed by atoms with Gasteiger partial charge >= 0.3 is 0 Å². The zero-order valence-corrected chi connectivity index (χ0v) is 11.3. The molecule has 0 aliphatic heterocycles. The summed E-state index contributed by atoms with van der Waals surface area (Å²) in [6.45, 7) is 3.29. The van der Waals surface area contributed by atoms with Crippen LogP contribution in [-0.4, -0.2) is 16.8 Å². The van der Waals surface area contributed by atoms with E-state index in [0.29, 0.717) is 17.1 Å². The van der Waals surface area contributed by atoms with Gasteiger partial charge in [-0.2, -0.15) is 0 Å². The van der Waals surface area contributed by atoms with Crippen LogP contribution in [0.2, 0.25) is 0 Å². The fourth-order valence-electron chi connectivity index (χ4n) is 1.74. The van der Waals surface area contributed by atoms with Crippen molar-refractivity contribution in [2.75, 3.05) is 10.6 Å². The molecule has 1 heterocycles. The molecule has 0 unspecified atom stereocenters. The van der Waals surface area contributed by atoms with Crippen LogP contribution in [0.4, 0.5) is 11.5 Å². The Balaban J connectivity index is 2.17. The molecular weight excluding hydrogens is 254 g/mol. The lowest BCUT2D eigenvalue weighted by Gasteiger charge is -2.08. The Bertz CT molecular complexity index is 653. The zero-order chi connectivity index (χ0) is 14.5. The third kappa shape index (κ3) is 3.41. The first-order chi connectivity index (χ1) is 9.56. The largest absolute Gasteiger partial charge is 0.326 e. The number of hydrogen-bond donors (Lipinski definition) is 2. The van der Waals surface area contributed by atoms with Gasteiger partial charge in [0.05, 0.1) is 0 Å². The molecule has 0 saturated heterocycles. The molecule has 2 aromatic rings. The van der Waals surface area contributed by atoms with E-state index < -0.39 is 0 Å². The summed E-state index contributed by atoms with van der Waals surface area (Å²) in [7, 11) is 0. The van der Waals surface area contributed by atoms with Crippen LogP contribution in [0.1, 0.15) is 22.8 Å². The van der Waals surface area contributed by atoms with Crippen molar-refractivity contribution in [3.8, 4) is 0 Å². The molecule has 0 aliphatic rings. The van der Waals surface area contributed by atoms with Gasteiger partial charge in [-0.1, -0.05) is 12.1 Å². The third-order valence-corrected chi connectivity index (χ3v) is 2.69. The van der Waals surface area contributed by atoms with Gasteiger partial charge in [0, 0.05) is 24.4 Å². The van der Waals surface area contributed by atoms with E-state index in [9.17, 15) is 9.59 Å². The number of anilines is 2. The number of benzene rings is 1. The lowest BCUT2D eigenvalue weighted by atomic mass is 10.2. The molecule has 2 rings (SSSR count). The Morgan fingerprint density at radius 3 is 2.60 bits per heavy atom. The summed E-state index contributed by atoms with van der Waals surface area (Å²) in [4.78, 5) is 27.3. The maximum atomic E-state index is 12.1. The maximum Gasteiger partial charge on any atom is 0.256 e. The van der Waals surface area contributed by atoms with Gasteiger partial charge in [-0.3, -0.25) is 9.59 Å². The second-order valence-corrected chi connectivity index (χ2v) is 4.39. The summed E-state index contributed by atoms with van der Waals surface area (Å²) in [5.74, 6) is 0.0876. The molecule has 2 N–H and O–H groups in total. The molecule has 0 saturated carbocycles. The first kappa shape index (κ1) is 13.7. The molecule has 5 nitrogen and oxygen atoms in total. The van der Waals surface area contributed by atoms with E-state index in [0.717, 1.165) is 5.56 Å². The number of rotatable bonds is 3. The van der Waals surface area contributed by atoms with Crippen molar-refractivity contribution in [2.45, 2.75) is 13.8 Å². The van der Waals surface area contributed by atoms with Gasteiger partial charge < -0.3 is 10.6 Å². The van der Waals surface area contributed by atoms with Crippen LogP contribution >= 0.6 is 0 Å². The van der Waals surface area contributed by atoms with Crippen molar-refractivity contribution in [3.05, 3.63) is 53.7 Å². The minimum Gasteiger partial charge on any atom is -0.326 e. The number of nitrogens with one attached hydrogen (secondary N) is 2. The second-order valence-electron chi connectivity index (χ2n) is 4.39. The summed E-state index contributed by atoms with van der Waals surface area (Å²) in [6, 6.07) is 10.4. The summed E-state index contributed by atoms with van der Waals surface area (Å²) in [5.41, 5.74) is 1.93. The van der Waals surface area contributed by atoms with E-state index >= 15 is 0 Å². The standard InChI is InChI=1S/C15H15N3O2/c1-10-5-4-8-16-14(10)18-15(20)12-6-3-7-13(9-12)17-11(2)19/h3-9H,1-2H3,(H,17,19)(H,16,18,20). The van der Waals surface area contributed by atoms with Gasteiger partial charge in [-0.15, -0.1) is 0 Å². The Morgan fingerprint density at radius 1 is 1.10 bits per heavy atom. The number of amides is 2. The van der Waals surface area contributed by atoms with Crippen LogP contribution in [0.15, 0.2) is 42.6 Å². The lowest BCUT2D eigenvalue weighted by molar-refractivity contribution is -0.114. The van der Waals surface area contributed by atoms with Crippen LogP contribution in [0, 0.1) is 6.92 Å². The van der Waals surface area contributed by atoms with E-state index in [4.69, 9.17) is 0 Å². The maximum absolute atomic E-state index is 12.1. The summed E-state index contributed by atoms with van der Waals surface area (Å²) in [6.07, 6.45) is 1.62. The van der Waals surface area contributed by atoms with Crippen LogP contribution in [0.5, 0.6) is 0 Å². The Labute approximate surface area is 117 Å². The average molecular weight is 269 g/mol. The van der Waals surface area contributed by atoms with E-state index in [1.54, 1.807) is 30.5 Å². The van der Waals surface area contributed by atoms with Gasteiger partial charge in [0.15, 0.2) is 0 Å². The normalized spacial score (nSPS) is 9.90. The van der Waals surface area contributed by atoms with Gasteiger partial charge in [0.2, 0.25) is 5.91 Å². The summed E-state index contributed by atoms with van der Waals surface area (Å²) >= 11 is 0. The molecule has 0 atom stereocenters.